The lowest BCUT2D eigenvalue weighted by molar-refractivity contribution is -0.115. The molecule has 0 bridgehead atoms. The van der Waals surface area contributed by atoms with E-state index in [4.69, 9.17) is 0 Å². The first kappa shape index (κ1) is 16.4. The van der Waals surface area contributed by atoms with Gasteiger partial charge in [-0.3, -0.25) is 4.79 Å². The molecule has 112 valence electrons. The van der Waals surface area contributed by atoms with Gasteiger partial charge in [-0.05, 0) is 73.8 Å². The van der Waals surface area contributed by atoms with E-state index in [1.165, 1.54) is 16.4 Å². The molecule has 0 unspecified atom stereocenters. The van der Waals surface area contributed by atoms with Crippen molar-refractivity contribution in [2.45, 2.75) is 24.3 Å². The smallest absolute Gasteiger partial charge is 0.237 e. The lowest BCUT2D eigenvalue weighted by Crippen LogP contribution is -2.23. The van der Waals surface area contributed by atoms with Crippen LogP contribution in [0.15, 0.2) is 26.2 Å². The highest BCUT2D eigenvalue weighted by Gasteiger charge is 2.19. The summed E-state index contributed by atoms with van der Waals surface area (Å²) in [7, 11) is 1.74. The van der Waals surface area contributed by atoms with Crippen LogP contribution in [-0.2, 0) is 11.8 Å². The fraction of sp³-hybridized carbons (Fsp3) is 0.333. The number of carbonyl (C=O) groups excluding carboxylic acids is 1. The number of nitrogens with zero attached hydrogens (tertiary/aromatic N) is 4. The van der Waals surface area contributed by atoms with E-state index >= 15 is 0 Å². The monoisotopic (exact) mass is 433 g/mol. The molecule has 0 spiro atoms. The maximum Gasteiger partial charge on any atom is 0.237 e. The number of carbonyl (C=O) groups is 1. The molecule has 1 aromatic carbocycles. The van der Waals surface area contributed by atoms with E-state index in [1.54, 1.807) is 7.05 Å². The molecule has 6 nitrogen and oxygen atoms in total. The van der Waals surface area contributed by atoms with Crippen molar-refractivity contribution in [3.05, 3.63) is 26.6 Å². The average Bonchev–Trinajstić information content (AvgIpc) is 2.79. The second kappa shape index (κ2) is 6.89. The molecule has 1 aromatic heterocycles. The van der Waals surface area contributed by atoms with Crippen LogP contribution in [0.5, 0.6) is 0 Å². The van der Waals surface area contributed by atoms with Crippen LogP contribution in [-0.4, -0.2) is 31.4 Å². The normalized spacial score (nSPS) is 12.2. The summed E-state index contributed by atoms with van der Waals surface area (Å²) in [5, 5.41) is 14.3. The Bertz CT molecular complexity index is 652. The van der Waals surface area contributed by atoms with E-state index in [-0.39, 0.29) is 11.2 Å². The Balaban J connectivity index is 2.09. The molecule has 0 fully saturated rings. The van der Waals surface area contributed by atoms with Gasteiger partial charge < -0.3 is 5.32 Å². The first-order valence-corrected chi connectivity index (χ1v) is 8.50. The minimum Gasteiger partial charge on any atom is -0.323 e. The van der Waals surface area contributed by atoms with E-state index < -0.39 is 0 Å². The van der Waals surface area contributed by atoms with Crippen LogP contribution < -0.4 is 5.32 Å². The zero-order chi connectivity index (χ0) is 15.6. The second-order valence-corrected chi connectivity index (χ2v) is 7.45. The lowest BCUT2D eigenvalue weighted by Gasteiger charge is -2.14. The number of hydrogen-bond acceptors (Lipinski definition) is 5. The van der Waals surface area contributed by atoms with Gasteiger partial charge in [-0.2, -0.15) is 0 Å². The van der Waals surface area contributed by atoms with Crippen molar-refractivity contribution >= 4 is 55.2 Å². The van der Waals surface area contributed by atoms with Crippen molar-refractivity contribution in [1.29, 1.82) is 0 Å². The SMILES string of the molecule is Cc1cc(Br)c(NC(=O)[C@@H](C)Sc2nnnn2C)c(Br)c1. The van der Waals surface area contributed by atoms with E-state index in [2.05, 4.69) is 52.7 Å². The van der Waals surface area contributed by atoms with Gasteiger partial charge in [0, 0.05) is 16.0 Å². The Hall–Kier alpha value is -0.930. The van der Waals surface area contributed by atoms with Crippen molar-refractivity contribution in [2.75, 3.05) is 5.32 Å². The molecule has 1 amide bonds. The number of amides is 1. The number of aryl methyl sites for hydroxylation is 2. The first-order valence-electron chi connectivity index (χ1n) is 6.04. The second-order valence-electron chi connectivity index (χ2n) is 4.44. The first-order chi connectivity index (χ1) is 9.88. The fourth-order valence-electron chi connectivity index (χ4n) is 1.58. The van der Waals surface area contributed by atoms with Crippen LogP contribution in [0.4, 0.5) is 5.69 Å². The maximum atomic E-state index is 12.3. The molecule has 0 radical (unpaired) electrons. The van der Waals surface area contributed by atoms with Gasteiger partial charge in [0.15, 0.2) is 0 Å². The van der Waals surface area contributed by atoms with Crippen molar-refractivity contribution in [3.63, 3.8) is 0 Å². The molecule has 2 aromatic rings. The Morgan fingerprint density at radius 1 is 1.38 bits per heavy atom. The lowest BCUT2D eigenvalue weighted by atomic mass is 10.2. The number of thioether (sulfide) groups is 1. The third kappa shape index (κ3) is 4.04. The quantitative estimate of drug-likeness (QED) is 0.748. The summed E-state index contributed by atoms with van der Waals surface area (Å²) in [6.07, 6.45) is 0. The van der Waals surface area contributed by atoms with Crippen LogP contribution >= 0.6 is 43.6 Å². The molecule has 0 saturated carbocycles. The summed E-state index contributed by atoms with van der Waals surface area (Å²) >= 11 is 8.22. The van der Waals surface area contributed by atoms with Crippen LogP contribution in [0.25, 0.3) is 0 Å². The zero-order valence-electron chi connectivity index (χ0n) is 11.6. The van der Waals surface area contributed by atoms with E-state index in [0.717, 1.165) is 14.5 Å². The summed E-state index contributed by atoms with van der Waals surface area (Å²) < 4.78 is 3.20. The minimum absolute atomic E-state index is 0.117. The Labute approximate surface area is 143 Å². The fourth-order valence-corrected chi connectivity index (χ4v) is 3.95. The zero-order valence-corrected chi connectivity index (χ0v) is 15.6. The molecular formula is C12H13Br2N5OS. The van der Waals surface area contributed by atoms with Crippen molar-refractivity contribution in [3.8, 4) is 0 Å². The number of nitrogens with one attached hydrogen (secondary N) is 1. The van der Waals surface area contributed by atoms with Gasteiger partial charge in [0.05, 0.1) is 10.9 Å². The number of aromatic nitrogens is 4. The summed E-state index contributed by atoms with van der Waals surface area (Å²) in [4.78, 5) is 12.3. The summed E-state index contributed by atoms with van der Waals surface area (Å²) in [6.45, 7) is 3.80. The van der Waals surface area contributed by atoms with E-state index in [9.17, 15) is 4.79 Å². The largest absolute Gasteiger partial charge is 0.323 e. The van der Waals surface area contributed by atoms with Gasteiger partial charge in [-0.1, -0.05) is 11.8 Å². The number of tetrazole rings is 1. The topological polar surface area (TPSA) is 72.7 Å². The summed E-state index contributed by atoms with van der Waals surface area (Å²) in [6, 6.07) is 3.90. The summed E-state index contributed by atoms with van der Waals surface area (Å²) in [5.74, 6) is -0.117. The molecule has 0 saturated heterocycles. The molecule has 21 heavy (non-hydrogen) atoms. The highest BCUT2D eigenvalue weighted by atomic mass is 79.9. The highest BCUT2D eigenvalue weighted by molar-refractivity contribution is 9.11. The molecule has 0 aliphatic rings. The third-order valence-electron chi connectivity index (χ3n) is 2.67. The van der Waals surface area contributed by atoms with Gasteiger partial charge in [0.2, 0.25) is 11.1 Å². The number of rotatable bonds is 4. The minimum atomic E-state index is -0.324. The van der Waals surface area contributed by atoms with Gasteiger partial charge in [0.1, 0.15) is 0 Å². The number of benzene rings is 1. The van der Waals surface area contributed by atoms with Crippen LogP contribution in [0, 0.1) is 6.92 Å². The van der Waals surface area contributed by atoms with Crippen molar-refractivity contribution in [1.82, 2.24) is 20.2 Å². The Morgan fingerprint density at radius 3 is 2.52 bits per heavy atom. The van der Waals surface area contributed by atoms with Gasteiger partial charge in [-0.25, -0.2) is 4.68 Å². The molecule has 9 heteroatoms. The third-order valence-corrected chi connectivity index (χ3v) is 5.04. The predicted molar refractivity (Wildman–Crippen MR) is 89.3 cm³/mol. The molecule has 2 rings (SSSR count). The van der Waals surface area contributed by atoms with Gasteiger partial charge in [-0.15, -0.1) is 5.10 Å². The predicted octanol–water partition coefficient (Wildman–Crippen LogP) is 3.16. The van der Waals surface area contributed by atoms with Crippen LogP contribution in [0.3, 0.4) is 0 Å². The number of halogens is 2. The molecule has 1 N–H and O–H groups in total. The Kier molecular flexibility index (Phi) is 5.39. The molecule has 1 atom stereocenters. The Morgan fingerprint density at radius 2 is 2.00 bits per heavy atom. The van der Waals surface area contributed by atoms with E-state index in [0.29, 0.717) is 10.8 Å². The van der Waals surface area contributed by atoms with Crippen LogP contribution in [0.2, 0.25) is 0 Å². The molecule has 0 aliphatic carbocycles. The molecule has 1 heterocycles. The standard InChI is InChI=1S/C12H13Br2N5OS/c1-6-4-8(13)10(9(14)5-6)15-11(20)7(2)21-12-16-17-18-19(12)3/h4-5,7H,1-3H3,(H,15,20)/t7-/m1/s1. The van der Waals surface area contributed by atoms with Gasteiger partial charge >= 0.3 is 0 Å². The number of hydrogen-bond donors (Lipinski definition) is 1. The van der Waals surface area contributed by atoms with Crippen molar-refractivity contribution in [2.24, 2.45) is 7.05 Å². The van der Waals surface area contributed by atoms with Crippen molar-refractivity contribution < 1.29 is 4.79 Å². The van der Waals surface area contributed by atoms with Crippen LogP contribution in [0.1, 0.15) is 12.5 Å². The molecular weight excluding hydrogens is 422 g/mol. The maximum absolute atomic E-state index is 12.3. The average molecular weight is 435 g/mol. The highest BCUT2D eigenvalue weighted by Crippen LogP contribution is 2.33. The molecule has 0 aliphatic heterocycles. The van der Waals surface area contributed by atoms with Gasteiger partial charge in [0.25, 0.3) is 0 Å². The number of anilines is 1. The van der Waals surface area contributed by atoms with E-state index in [1.807, 2.05) is 26.0 Å². The summed E-state index contributed by atoms with van der Waals surface area (Å²) in [5.41, 5.74) is 1.81.